The highest BCUT2D eigenvalue weighted by atomic mass is 16.5. The van der Waals surface area contributed by atoms with Gasteiger partial charge in [-0.05, 0) is 49.9 Å². The Labute approximate surface area is 116 Å². The molecular formula is C16H26N2O. The van der Waals surface area contributed by atoms with Gasteiger partial charge >= 0.3 is 0 Å². The van der Waals surface area contributed by atoms with Gasteiger partial charge in [0.05, 0.1) is 6.61 Å². The number of ether oxygens (including phenoxy) is 1. The lowest BCUT2D eigenvalue weighted by atomic mass is 9.94. The summed E-state index contributed by atoms with van der Waals surface area (Å²) in [4.78, 5) is 2.46. The molecule has 1 aliphatic rings. The zero-order chi connectivity index (χ0) is 13.7. The van der Waals surface area contributed by atoms with Crippen LogP contribution in [-0.2, 0) is 0 Å². The molecule has 3 heteroatoms. The Balaban J connectivity index is 1.64. The Morgan fingerprint density at radius 3 is 3.00 bits per heavy atom. The van der Waals surface area contributed by atoms with E-state index in [1.165, 1.54) is 18.5 Å². The number of nitrogens with zero attached hydrogens (tertiary/aromatic N) is 1. The summed E-state index contributed by atoms with van der Waals surface area (Å²) in [5, 5.41) is 0. The van der Waals surface area contributed by atoms with Gasteiger partial charge < -0.3 is 15.4 Å². The highest BCUT2D eigenvalue weighted by molar-refractivity contribution is 5.27. The summed E-state index contributed by atoms with van der Waals surface area (Å²) in [5.74, 6) is 1.64. The third-order valence-electron chi connectivity index (χ3n) is 3.98. The maximum Gasteiger partial charge on any atom is 0.119 e. The number of likely N-dealkylation sites (tertiary alicyclic amines) is 1. The van der Waals surface area contributed by atoms with Crippen LogP contribution in [0.3, 0.4) is 0 Å². The van der Waals surface area contributed by atoms with Crippen molar-refractivity contribution in [2.24, 2.45) is 11.7 Å². The zero-order valence-corrected chi connectivity index (χ0v) is 12.1. The summed E-state index contributed by atoms with van der Waals surface area (Å²) < 4.78 is 5.77. The van der Waals surface area contributed by atoms with Crippen LogP contribution in [0.5, 0.6) is 5.75 Å². The van der Waals surface area contributed by atoms with Gasteiger partial charge in [-0.3, -0.25) is 0 Å². The maximum atomic E-state index is 6.11. The van der Waals surface area contributed by atoms with Crippen LogP contribution in [-0.4, -0.2) is 37.2 Å². The van der Waals surface area contributed by atoms with Gasteiger partial charge in [-0.2, -0.15) is 0 Å². The van der Waals surface area contributed by atoms with E-state index in [2.05, 4.69) is 30.9 Å². The Bertz CT molecular complexity index is 394. The molecule has 2 rings (SSSR count). The van der Waals surface area contributed by atoms with Crippen LogP contribution in [0.4, 0.5) is 0 Å². The molecule has 3 nitrogen and oxygen atoms in total. The summed E-state index contributed by atoms with van der Waals surface area (Å²) in [6, 6.07) is 8.56. The van der Waals surface area contributed by atoms with Crippen molar-refractivity contribution in [2.75, 3.05) is 26.2 Å². The number of nitrogens with two attached hydrogens (primary N) is 1. The Morgan fingerprint density at radius 2 is 2.26 bits per heavy atom. The number of hydrogen-bond donors (Lipinski definition) is 1. The number of hydrogen-bond acceptors (Lipinski definition) is 3. The summed E-state index contributed by atoms with van der Waals surface area (Å²) in [7, 11) is 0. The van der Waals surface area contributed by atoms with Crippen LogP contribution >= 0.6 is 0 Å². The molecule has 0 bridgehead atoms. The second-order valence-corrected chi connectivity index (χ2v) is 5.75. The molecule has 1 saturated heterocycles. The van der Waals surface area contributed by atoms with Crippen LogP contribution < -0.4 is 10.5 Å². The predicted octanol–water partition coefficient (Wildman–Crippen LogP) is 2.43. The molecule has 0 aromatic heterocycles. The molecule has 1 aliphatic heterocycles. The molecule has 1 fully saturated rings. The molecule has 0 saturated carbocycles. The van der Waals surface area contributed by atoms with E-state index >= 15 is 0 Å². The van der Waals surface area contributed by atoms with Gasteiger partial charge in [0.25, 0.3) is 0 Å². The van der Waals surface area contributed by atoms with Crippen molar-refractivity contribution >= 4 is 0 Å². The van der Waals surface area contributed by atoms with E-state index in [-0.39, 0.29) is 0 Å². The standard InChI is InChI=1S/C16H26N2O/c1-13-5-3-6-15(11-13)19-10-4-8-18-9-7-14(2)16(17)12-18/h3,5-6,11,14,16H,4,7-10,12,17H2,1-2H3. The van der Waals surface area contributed by atoms with Crippen molar-refractivity contribution in [1.82, 2.24) is 4.90 Å². The van der Waals surface area contributed by atoms with E-state index in [0.717, 1.165) is 31.9 Å². The summed E-state index contributed by atoms with van der Waals surface area (Å²) in [5.41, 5.74) is 7.35. The normalized spacial score (nSPS) is 24.4. The zero-order valence-electron chi connectivity index (χ0n) is 12.1. The van der Waals surface area contributed by atoms with Gasteiger partial charge in [-0.1, -0.05) is 19.1 Å². The molecule has 0 aliphatic carbocycles. The van der Waals surface area contributed by atoms with Crippen molar-refractivity contribution in [3.05, 3.63) is 29.8 Å². The van der Waals surface area contributed by atoms with Crippen molar-refractivity contribution < 1.29 is 4.74 Å². The van der Waals surface area contributed by atoms with Crippen molar-refractivity contribution in [2.45, 2.75) is 32.7 Å². The van der Waals surface area contributed by atoms with E-state index in [1.807, 2.05) is 12.1 Å². The largest absolute Gasteiger partial charge is 0.494 e. The first-order valence-electron chi connectivity index (χ1n) is 7.32. The summed E-state index contributed by atoms with van der Waals surface area (Å²) in [6.07, 6.45) is 2.29. The maximum absolute atomic E-state index is 6.11. The fourth-order valence-corrected chi connectivity index (χ4v) is 2.56. The number of rotatable bonds is 5. The Hall–Kier alpha value is -1.06. The smallest absolute Gasteiger partial charge is 0.119 e. The fourth-order valence-electron chi connectivity index (χ4n) is 2.56. The topological polar surface area (TPSA) is 38.5 Å². The van der Waals surface area contributed by atoms with E-state index in [0.29, 0.717) is 12.0 Å². The molecule has 0 amide bonds. The average molecular weight is 262 g/mol. The molecule has 1 heterocycles. The van der Waals surface area contributed by atoms with Gasteiger partial charge in [-0.25, -0.2) is 0 Å². The number of piperidine rings is 1. The summed E-state index contributed by atoms with van der Waals surface area (Å²) in [6.45, 7) is 8.42. The molecule has 2 N–H and O–H groups in total. The second-order valence-electron chi connectivity index (χ2n) is 5.75. The molecule has 1 aromatic rings. The average Bonchev–Trinajstić information content (AvgIpc) is 2.39. The SMILES string of the molecule is Cc1cccc(OCCCN2CCC(C)C(N)C2)c1. The van der Waals surface area contributed by atoms with E-state index < -0.39 is 0 Å². The van der Waals surface area contributed by atoms with Crippen LogP contribution in [0.2, 0.25) is 0 Å². The van der Waals surface area contributed by atoms with Crippen LogP contribution in [0.1, 0.15) is 25.3 Å². The highest BCUT2D eigenvalue weighted by Gasteiger charge is 2.22. The first kappa shape index (κ1) is 14.4. The minimum absolute atomic E-state index is 0.339. The van der Waals surface area contributed by atoms with Gasteiger partial charge in [0.2, 0.25) is 0 Å². The van der Waals surface area contributed by atoms with E-state index in [1.54, 1.807) is 0 Å². The van der Waals surface area contributed by atoms with E-state index in [9.17, 15) is 0 Å². The second kappa shape index (κ2) is 6.92. The minimum Gasteiger partial charge on any atom is -0.494 e. The molecular weight excluding hydrogens is 236 g/mol. The van der Waals surface area contributed by atoms with E-state index in [4.69, 9.17) is 10.5 Å². The third-order valence-corrected chi connectivity index (χ3v) is 3.98. The van der Waals surface area contributed by atoms with Gasteiger partial charge in [-0.15, -0.1) is 0 Å². The molecule has 2 unspecified atom stereocenters. The van der Waals surface area contributed by atoms with Crippen molar-refractivity contribution in [3.8, 4) is 5.75 Å². The molecule has 0 spiro atoms. The van der Waals surface area contributed by atoms with Crippen LogP contribution in [0, 0.1) is 12.8 Å². The van der Waals surface area contributed by atoms with Gasteiger partial charge in [0.1, 0.15) is 5.75 Å². The minimum atomic E-state index is 0.339. The Morgan fingerprint density at radius 1 is 1.42 bits per heavy atom. The molecule has 19 heavy (non-hydrogen) atoms. The molecule has 106 valence electrons. The first-order valence-corrected chi connectivity index (χ1v) is 7.32. The van der Waals surface area contributed by atoms with Crippen molar-refractivity contribution in [1.29, 1.82) is 0 Å². The molecule has 2 atom stereocenters. The lowest BCUT2D eigenvalue weighted by molar-refractivity contribution is 0.158. The lowest BCUT2D eigenvalue weighted by Crippen LogP contribution is -2.47. The lowest BCUT2D eigenvalue weighted by Gasteiger charge is -2.34. The molecule has 0 radical (unpaired) electrons. The highest BCUT2D eigenvalue weighted by Crippen LogP contribution is 2.16. The Kier molecular flexibility index (Phi) is 5.23. The summed E-state index contributed by atoms with van der Waals surface area (Å²) >= 11 is 0. The van der Waals surface area contributed by atoms with Crippen molar-refractivity contribution in [3.63, 3.8) is 0 Å². The number of aryl methyl sites for hydroxylation is 1. The van der Waals surface area contributed by atoms with Gasteiger partial charge in [0, 0.05) is 19.1 Å². The predicted molar refractivity (Wildman–Crippen MR) is 79.5 cm³/mol. The monoisotopic (exact) mass is 262 g/mol. The van der Waals surface area contributed by atoms with Crippen LogP contribution in [0.15, 0.2) is 24.3 Å². The van der Waals surface area contributed by atoms with Gasteiger partial charge in [0.15, 0.2) is 0 Å². The first-order chi connectivity index (χ1) is 9.15. The molecule has 1 aromatic carbocycles. The van der Waals surface area contributed by atoms with Crippen LogP contribution in [0.25, 0.3) is 0 Å². The quantitative estimate of drug-likeness (QED) is 0.828. The number of benzene rings is 1. The fraction of sp³-hybridized carbons (Fsp3) is 0.625. The third kappa shape index (κ3) is 4.51.